The van der Waals surface area contributed by atoms with Crippen molar-refractivity contribution in [3.8, 4) is 11.1 Å². The van der Waals surface area contributed by atoms with Gasteiger partial charge in [0.15, 0.2) is 0 Å². The summed E-state index contributed by atoms with van der Waals surface area (Å²) < 4.78 is 37.8. The molecule has 0 bridgehead atoms. The molecule has 0 saturated carbocycles. The van der Waals surface area contributed by atoms with Crippen molar-refractivity contribution in [3.05, 3.63) is 139 Å². The monoisotopic (exact) mass is 906 g/mol. The molecule has 1 aliphatic heterocycles. The van der Waals surface area contributed by atoms with Crippen molar-refractivity contribution in [1.29, 1.82) is 0 Å². The SMILES string of the molecule is Cc1cc(C)c(-c2cc(N[CH-]N(C)c3nccnc3C)[c-]c(N3[CH-]N(C)c4nccnc43)c2)c(C)c1.FC(F)(F)c1ccc2[n-]c3ccccc3c2c1.[Pt+4]. The Morgan fingerprint density at radius 2 is 1.48 bits per heavy atom. The Bertz CT molecular complexity index is 2420. The minimum absolute atomic E-state index is 0. The molecule has 1 N–H and O–H groups in total. The van der Waals surface area contributed by atoms with E-state index in [0.29, 0.717) is 10.9 Å². The van der Waals surface area contributed by atoms with Gasteiger partial charge in [0.05, 0.1) is 11.3 Å². The van der Waals surface area contributed by atoms with Gasteiger partial charge >= 0.3 is 27.2 Å². The van der Waals surface area contributed by atoms with Crippen LogP contribution in [0.3, 0.4) is 0 Å². The average molecular weight is 907 g/mol. The molecule has 276 valence electrons. The number of halogens is 3. The molecule has 3 aromatic heterocycles. The van der Waals surface area contributed by atoms with E-state index in [-0.39, 0.29) is 21.1 Å². The number of aromatic nitrogens is 5. The van der Waals surface area contributed by atoms with Gasteiger partial charge in [0.25, 0.3) is 0 Å². The van der Waals surface area contributed by atoms with Gasteiger partial charge in [-0.25, -0.2) is 15.0 Å². The van der Waals surface area contributed by atoms with Crippen molar-refractivity contribution in [1.82, 2.24) is 24.9 Å². The van der Waals surface area contributed by atoms with E-state index in [0.717, 1.165) is 63.1 Å². The fraction of sp³-hybridized carbons (Fsp3) is 0.171. The molecule has 8 rings (SSSR count). The number of fused-ring (bicyclic) bond motifs is 4. The molecule has 0 atom stereocenters. The van der Waals surface area contributed by atoms with Crippen LogP contribution in [0, 0.1) is 47.1 Å². The quantitative estimate of drug-likeness (QED) is 0.164. The van der Waals surface area contributed by atoms with Crippen LogP contribution in [0.4, 0.5) is 42.0 Å². The fourth-order valence-electron chi connectivity index (χ4n) is 6.67. The van der Waals surface area contributed by atoms with Crippen LogP contribution in [-0.2, 0) is 27.2 Å². The Morgan fingerprint density at radius 1 is 0.815 bits per heavy atom. The zero-order chi connectivity index (χ0) is 37.4. The molecular weight excluding hydrogens is 871 g/mol. The van der Waals surface area contributed by atoms with Crippen LogP contribution in [0.5, 0.6) is 0 Å². The van der Waals surface area contributed by atoms with Crippen LogP contribution < -0.4 is 25.0 Å². The van der Waals surface area contributed by atoms with E-state index in [1.54, 1.807) is 43.0 Å². The summed E-state index contributed by atoms with van der Waals surface area (Å²) in [6.45, 7) is 12.2. The van der Waals surface area contributed by atoms with Gasteiger partial charge in [0, 0.05) is 24.8 Å². The molecule has 0 amide bonds. The summed E-state index contributed by atoms with van der Waals surface area (Å²) in [5.74, 6) is 2.36. The number of nitrogens with zero attached hydrogens (tertiary/aromatic N) is 8. The second-order valence-electron chi connectivity index (χ2n) is 12.9. The normalized spacial score (nSPS) is 12.3. The van der Waals surface area contributed by atoms with Crippen molar-refractivity contribution in [2.45, 2.75) is 33.9 Å². The Balaban J connectivity index is 0.000000231. The van der Waals surface area contributed by atoms with Gasteiger partial charge in [-0.05, 0) is 75.3 Å². The molecule has 7 aromatic rings. The molecule has 13 heteroatoms. The molecule has 0 aliphatic carbocycles. The van der Waals surface area contributed by atoms with Crippen LogP contribution in [-0.4, -0.2) is 34.0 Å². The van der Waals surface area contributed by atoms with Crippen molar-refractivity contribution in [2.75, 3.05) is 34.1 Å². The number of anilines is 5. The number of para-hydroxylation sites is 1. The number of alkyl halides is 3. The number of nitrogens with one attached hydrogen (secondary N) is 1. The average Bonchev–Trinajstić information content (AvgIpc) is 3.67. The Morgan fingerprint density at radius 3 is 2.20 bits per heavy atom. The molecule has 0 spiro atoms. The molecule has 0 unspecified atom stereocenters. The summed E-state index contributed by atoms with van der Waals surface area (Å²) in [5, 5.41) is 4.73. The molecule has 4 heterocycles. The molecule has 0 fully saturated rings. The van der Waals surface area contributed by atoms with Crippen molar-refractivity contribution < 1.29 is 34.2 Å². The Labute approximate surface area is 326 Å². The molecular formula is C41H36F3N9Pt. The van der Waals surface area contributed by atoms with Crippen LogP contribution in [0.2, 0.25) is 0 Å². The van der Waals surface area contributed by atoms with E-state index >= 15 is 0 Å². The van der Waals surface area contributed by atoms with E-state index < -0.39 is 11.7 Å². The summed E-state index contributed by atoms with van der Waals surface area (Å²) >= 11 is 0. The first kappa shape index (κ1) is 38.2. The molecule has 0 radical (unpaired) electrons. The largest absolute Gasteiger partial charge is 4.00 e. The van der Waals surface area contributed by atoms with Crippen LogP contribution in [0.25, 0.3) is 32.9 Å². The van der Waals surface area contributed by atoms with Crippen LogP contribution in [0.15, 0.2) is 91.5 Å². The summed E-state index contributed by atoms with van der Waals surface area (Å²) in [7, 11) is 3.91. The van der Waals surface area contributed by atoms with Crippen molar-refractivity contribution >= 4 is 50.6 Å². The molecule has 0 saturated heterocycles. The van der Waals surface area contributed by atoms with Gasteiger partial charge in [0.2, 0.25) is 0 Å². The first-order chi connectivity index (χ1) is 25.4. The zero-order valence-corrected chi connectivity index (χ0v) is 32.6. The predicted octanol–water partition coefficient (Wildman–Crippen LogP) is 9.31. The molecule has 1 aliphatic rings. The number of benzene rings is 4. The standard InChI is InChI=1S/C28H29N8.C13H7F3N.Pt/c1-18-11-19(2)25(20(3)12-18)22-13-23(33-16-34(5)26-21(4)29-7-8-30-26)15-24(14-22)36-17-35(6)27-28(36)32-10-9-31-27;14-13(15,16)8-5-6-12-10(7-8)9-3-1-2-4-11(9)17-12;/h7-14,16-17,33H,1-6H3;1-7H;/q-3;-1;+4. The minimum Gasteiger partial charge on any atom is -0.657 e. The third kappa shape index (κ3) is 7.75. The third-order valence-corrected chi connectivity index (χ3v) is 8.95. The molecule has 9 nitrogen and oxygen atoms in total. The summed E-state index contributed by atoms with van der Waals surface area (Å²) in [4.78, 5) is 28.1. The van der Waals surface area contributed by atoms with E-state index in [2.05, 4.69) is 81.3 Å². The Hall–Kier alpha value is -5.48. The fourth-order valence-corrected chi connectivity index (χ4v) is 6.67. The molecule has 4 aromatic carbocycles. The predicted molar refractivity (Wildman–Crippen MR) is 205 cm³/mol. The van der Waals surface area contributed by atoms with Crippen LogP contribution in [0.1, 0.15) is 27.9 Å². The number of rotatable bonds is 6. The number of aryl methyl sites for hydroxylation is 4. The van der Waals surface area contributed by atoms with E-state index in [9.17, 15) is 13.2 Å². The van der Waals surface area contributed by atoms with Crippen LogP contribution >= 0.6 is 0 Å². The van der Waals surface area contributed by atoms with E-state index in [1.165, 1.54) is 28.3 Å². The number of hydrogen-bond acceptors (Lipinski definition) is 8. The maximum absolute atomic E-state index is 12.6. The second-order valence-corrected chi connectivity index (χ2v) is 12.9. The molecule has 54 heavy (non-hydrogen) atoms. The first-order valence-corrected chi connectivity index (χ1v) is 16.8. The van der Waals surface area contributed by atoms with Gasteiger partial charge in [0.1, 0.15) is 17.5 Å². The van der Waals surface area contributed by atoms with Gasteiger partial charge in [-0.2, -0.15) is 19.8 Å². The third-order valence-electron chi connectivity index (χ3n) is 8.95. The topological polar surface area (TPSA) is 87.4 Å². The number of hydrogen-bond donors (Lipinski definition) is 1. The maximum Gasteiger partial charge on any atom is 4.00 e. The van der Waals surface area contributed by atoms with Gasteiger partial charge in [-0.3, -0.25) is 4.98 Å². The summed E-state index contributed by atoms with van der Waals surface area (Å²) in [6, 6.07) is 23.1. The minimum atomic E-state index is -4.31. The van der Waals surface area contributed by atoms with Gasteiger partial charge in [-0.15, -0.1) is 52.8 Å². The van der Waals surface area contributed by atoms with Gasteiger partial charge < -0.3 is 25.0 Å². The Kier molecular flexibility index (Phi) is 11.0. The zero-order valence-electron chi connectivity index (χ0n) is 30.3. The van der Waals surface area contributed by atoms with Crippen molar-refractivity contribution in [2.24, 2.45) is 0 Å². The van der Waals surface area contributed by atoms with Crippen molar-refractivity contribution in [3.63, 3.8) is 0 Å². The summed E-state index contributed by atoms with van der Waals surface area (Å²) in [5.41, 5.74) is 9.25. The summed E-state index contributed by atoms with van der Waals surface area (Å²) in [6.07, 6.45) is 2.49. The van der Waals surface area contributed by atoms with Gasteiger partial charge in [-0.1, -0.05) is 54.1 Å². The van der Waals surface area contributed by atoms with E-state index in [1.807, 2.05) is 55.1 Å². The first-order valence-electron chi connectivity index (χ1n) is 16.8. The second kappa shape index (κ2) is 15.5. The maximum atomic E-state index is 12.6. The smallest absolute Gasteiger partial charge is 0.657 e. The van der Waals surface area contributed by atoms with E-state index in [4.69, 9.17) is 0 Å².